The lowest BCUT2D eigenvalue weighted by atomic mass is 9.92. The summed E-state index contributed by atoms with van der Waals surface area (Å²) in [6, 6.07) is 12.9. The second-order valence-corrected chi connectivity index (χ2v) is 6.27. The Hall–Kier alpha value is -2.15. The number of benzene rings is 2. The minimum Gasteiger partial charge on any atom is -0.381 e. The highest BCUT2D eigenvalue weighted by molar-refractivity contribution is 6.03. The summed E-state index contributed by atoms with van der Waals surface area (Å²) in [5.41, 5.74) is 6.73. The first-order valence-corrected chi connectivity index (χ1v) is 8.54. The minimum absolute atomic E-state index is 0. The average molecular weight is 378 g/mol. The molecule has 1 atom stereocenters. The first-order chi connectivity index (χ1) is 12.1. The number of anilines is 1. The summed E-state index contributed by atoms with van der Waals surface area (Å²) in [6.45, 7) is 1.17. The van der Waals surface area contributed by atoms with Crippen molar-refractivity contribution in [2.45, 2.75) is 18.9 Å². The molecular formula is C19H24ClN3O3. The van der Waals surface area contributed by atoms with Crippen molar-refractivity contribution in [1.29, 1.82) is 0 Å². The molecule has 6 nitrogen and oxygen atoms in total. The van der Waals surface area contributed by atoms with E-state index in [0.29, 0.717) is 13.2 Å². The van der Waals surface area contributed by atoms with Gasteiger partial charge in [-0.15, -0.1) is 12.4 Å². The van der Waals surface area contributed by atoms with Gasteiger partial charge in [0.25, 0.3) is 0 Å². The van der Waals surface area contributed by atoms with Crippen molar-refractivity contribution in [3.05, 3.63) is 42.5 Å². The predicted octanol–water partition coefficient (Wildman–Crippen LogP) is 2.07. The maximum atomic E-state index is 12.2. The fourth-order valence-corrected chi connectivity index (χ4v) is 3.10. The first kappa shape index (κ1) is 20.2. The van der Waals surface area contributed by atoms with Gasteiger partial charge in [-0.25, -0.2) is 0 Å². The van der Waals surface area contributed by atoms with Crippen LogP contribution in [0.25, 0.3) is 10.8 Å². The molecular weight excluding hydrogens is 354 g/mol. The fraction of sp³-hybridized carbons (Fsp3) is 0.368. The van der Waals surface area contributed by atoms with E-state index in [0.717, 1.165) is 29.3 Å². The van der Waals surface area contributed by atoms with Crippen LogP contribution in [-0.2, 0) is 14.3 Å². The highest BCUT2D eigenvalue weighted by Gasteiger charge is 2.26. The van der Waals surface area contributed by atoms with Crippen LogP contribution < -0.4 is 16.4 Å². The topological polar surface area (TPSA) is 93.5 Å². The van der Waals surface area contributed by atoms with Crippen LogP contribution in [0, 0.1) is 5.92 Å². The average Bonchev–Trinajstić information content (AvgIpc) is 2.66. The smallest absolute Gasteiger partial charge is 0.243 e. The fourth-order valence-electron chi connectivity index (χ4n) is 3.10. The zero-order valence-electron chi connectivity index (χ0n) is 14.4. The van der Waals surface area contributed by atoms with E-state index in [9.17, 15) is 9.59 Å². The number of fused-ring (bicyclic) bond motifs is 1. The molecule has 140 valence electrons. The lowest BCUT2D eigenvalue weighted by Gasteiger charge is -2.26. The molecule has 1 heterocycles. The Morgan fingerprint density at radius 2 is 1.81 bits per heavy atom. The number of amides is 2. The monoisotopic (exact) mass is 377 g/mol. The number of carbonyl (C=O) groups is 2. The molecule has 2 aromatic carbocycles. The second-order valence-electron chi connectivity index (χ2n) is 6.27. The van der Waals surface area contributed by atoms with Gasteiger partial charge < -0.3 is 21.1 Å². The van der Waals surface area contributed by atoms with E-state index in [1.165, 1.54) is 0 Å². The molecule has 0 radical (unpaired) electrons. The van der Waals surface area contributed by atoms with Gasteiger partial charge in [-0.1, -0.05) is 36.4 Å². The summed E-state index contributed by atoms with van der Waals surface area (Å²) in [4.78, 5) is 24.3. The molecule has 0 aliphatic carbocycles. The Morgan fingerprint density at radius 1 is 1.12 bits per heavy atom. The third-order valence-electron chi connectivity index (χ3n) is 4.56. The van der Waals surface area contributed by atoms with E-state index >= 15 is 0 Å². The summed E-state index contributed by atoms with van der Waals surface area (Å²) in [5.74, 6) is -0.460. The normalized spacial score (nSPS) is 15.7. The highest BCUT2D eigenvalue weighted by Crippen LogP contribution is 2.22. The molecule has 1 aliphatic rings. The Kier molecular flexibility index (Phi) is 7.38. The lowest BCUT2D eigenvalue weighted by molar-refractivity contribution is -0.126. The van der Waals surface area contributed by atoms with Crippen LogP contribution in [0.15, 0.2) is 42.5 Å². The molecule has 1 aliphatic heterocycles. The summed E-state index contributed by atoms with van der Waals surface area (Å²) in [6.07, 6.45) is 1.55. The molecule has 0 saturated carbocycles. The lowest BCUT2D eigenvalue weighted by Crippen LogP contribution is -2.48. The zero-order valence-corrected chi connectivity index (χ0v) is 15.3. The molecule has 26 heavy (non-hydrogen) atoms. The zero-order chi connectivity index (χ0) is 17.6. The molecule has 0 spiro atoms. The van der Waals surface area contributed by atoms with Gasteiger partial charge in [0.1, 0.15) is 0 Å². The summed E-state index contributed by atoms with van der Waals surface area (Å²) in [7, 11) is 0. The maximum Gasteiger partial charge on any atom is 0.243 e. The Balaban J connectivity index is 0.00000243. The van der Waals surface area contributed by atoms with Crippen LogP contribution in [-0.4, -0.2) is 37.6 Å². The van der Waals surface area contributed by atoms with E-state index in [-0.39, 0.29) is 36.7 Å². The number of nitrogens with two attached hydrogens (primary N) is 1. The molecule has 7 heteroatoms. The number of ether oxygens (including phenoxy) is 1. The van der Waals surface area contributed by atoms with Crippen molar-refractivity contribution in [3.63, 3.8) is 0 Å². The molecule has 4 N–H and O–H groups in total. The molecule has 2 aromatic rings. The number of rotatable bonds is 5. The number of hydrogen-bond acceptors (Lipinski definition) is 4. The van der Waals surface area contributed by atoms with E-state index in [1.807, 2.05) is 42.5 Å². The summed E-state index contributed by atoms with van der Waals surface area (Å²) < 4.78 is 5.28. The van der Waals surface area contributed by atoms with E-state index in [1.54, 1.807) is 0 Å². The van der Waals surface area contributed by atoms with Gasteiger partial charge in [0, 0.05) is 24.3 Å². The van der Waals surface area contributed by atoms with Crippen LogP contribution in [0.3, 0.4) is 0 Å². The molecule has 0 aromatic heterocycles. The Morgan fingerprint density at radius 3 is 2.58 bits per heavy atom. The standard InChI is InChI=1S/C19H23N3O3.ClH/c20-18(14-8-10-25-11-9-14)19(24)21-12-17(23)22-16-7-3-5-13-4-1-2-6-15(13)16;/h1-7,14,18H,8-12,20H2,(H,21,24)(H,22,23);1H. The van der Waals surface area contributed by atoms with Gasteiger partial charge >= 0.3 is 0 Å². The predicted molar refractivity (Wildman–Crippen MR) is 104 cm³/mol. The third-order valence-corrected chi connectivity index (χ3v) is 4.56. The third kappa shape index (κ3) is 4.94. The molecule has 0 bridgehead atoms. The van der Waals surface area contributed by atoms with Crippen LogP contribution >= 0.6 is 12.4 Å². The SMILES string of the molecule is Cl.NC(C(=O)NCC(=O)Nc1cccc2ccccc12)C1CCOCC1. The quantitative estimate of drug-likeness (QED) is 0.743. The minimum atomic E-state index is -0.603. The highest BCUT2D eigenvalue weighted by atomic mass is 35.5. The van der Waals surface area contributed by atoms with Crippen molar-refractivity contribution in [3.8, 4) is 0 Å². The van der Waals surface area contributed by atoms with Crippen LogP contribution in [0.2, 0.25) is 0 Å². The van der Waals surface area contributed by atoms with Crippen molar-refractivity contribution in [1.82, 2.24) is 5.32 Å². The molecule has 3 rings (SSSR count). The van der Waals surface area contributed by atoms with Crippen molar-refractivity contribution in [2.75, 3.05) is 25.1 Å². The van der Waals surface area contributed by atoms with E-state index in [4.69, 9.17) is 10.5 Å². The van der Waals surface area contributed by atoms with Crippen molar-refractivity contribution in [2.24, 2.45) is 11.7 Å². The van der Waals surface area contributed by atoms with Gasteiger partial charge in [-0.2, -0.15) is 0 Å². The number of hydrogen-bond donors (Lipinski definition) is 3. The van der Waals surface area contributed by atoms with Gasteiger partial charge in [0.05, 0.1) is 12.6 Å². The van der Waals surface area contributed by atoms with E-state index in [2.05, 4.69) is 10.6 Å². The van der Waals surface area contributed by atoms with Gasteiger partial charge in [-0.05, 0) is 30.2 Å². The van der Waals surface area contributed by atoms with Crippen molar-refractivity contribution >= 4 is 40.7 Å². The summed E-state index contributed by atoms with van der Waals surface area (Å²) in [5, 5.41) is 7.48. The van der Waals surface area contributed by atoms with Crippen LogP contribution in [0.5, 0.6) is 0 Å². The summed E-state index contributed by atoms with van der Waals surface area (Å²) >= 11 is 0. The van der Waals surface area contributed by atoms with E-state index < -0.39 is 6.04 Å². The Labute approximate surface area is 158 Å². The largest absolute Gasteiger partial charge is 0.381 e. The van der Waals surface area contributed by atoms with Gasteiger partial charge in [0.15, 0.2) is 0 Å². The van der Waals surface area contributed by atoms with Crippen LogP contribution in [0.1, 0.15) is 12.8 Å². The maximum absolute atomic E-state index is 12.2. The molecule has 1 saturated heterocycles. The molecule has 1 unspecified atom stereocenters. The molecule has 1 fully saturated rings. The second kappa shape index (κ2) is 9.52. The first-order valence-electron chi connectivity index (χ1n) is 8.54. The van der Waals surface area contributed by atoms with Crippen molar-refractivity contribution < 1.29 is 14.3 Å². The van der Waals surface area contributed by atoms with Crippen LogP contribution in [0.4, 0.5) is 5.69 Å². The number of nitrogens with one attached hydrogen (secondary N) is 2. The van der Waals surface area contributed by atoms with Gasteiger partial charge in [0.2, 0.25) is 11.8 Å². The molecule has 2 amide bonds. The number of carbonyl (C=O) groups excluding carboxylic acids is 2. The number of halogens is 1. The Bertz CT molecular complexity index is 757. The van der Waals surface area contributed by atoms with Gasteiger partial charge in [-0.3, -0.25) is 9.59 Å².